The van der Waals surface area contributed by atoms with Crippen molar-refractivity contribution >= 4 is 29.1 Å². The minimum Gasteiger partial charge on any atom is -0.362 e. The van der Waals surface area contributed by atoms with E-state index in [0.29, 0.717) is 16.6 Å². The van der Waals surface area contributed by atoms with Crippen molar-refractivity contribution in [2.75, 3.05) is 13.2 Å². The zero-order chi connectivity index (χ0) is 10.8. The van der Waals surface area contributed by atoms with Crippen LogP contribution in [0.3, 0.4) is 0 Å². The summed E-state index contributed by atoms with van der Waals surface area (Å²) < 4.78 is 5.36. The molecule has 0 saturated carbocycles. The van der Waals surface area contributed by atoms with E-state index in [1.165, 1.54) is 0 Å². The van der Waals surface area contributed by atoms with Crippen LogP contribution in [-0.4, -0.2) is 19.1 Å². The maximum atomic E-state index is 10.9. The highest BCUT2D eigenvalue weighted by atomic mass is 35.5. The van der Waals surface area contributed by atoms with E-state index in [2.05, 4.69) is 5.32 Å². The van der Waals surface area contributed by atoms with E-state index in [-0.39, 0.29) is 18.6 Å². The molecule has 0 aromatic heterocycles. The van der Waals surface area contributed by atoms with Crippen molar-refractivity contribution in [1.82, 2.24) is 5.32 Å². The largest absolute Gasteiger partial charge is 0.362 e. The molecule has 1 fully saturated rings. The molecule has 1 aliphatic heterocycles. The van der Waals surface area contributed by atoms with E-state index in [1.807, 2.05) is 0 Å². The highest BCUT2D eigenvalue weighted by molar-refractivity contribution is 6.34. The van der Waals surface area contributed by atoms with Gasteiger partial charge in [0.15, 0.2) is 0 Å². The van der Waals surface area contributed by atoms with Gasteiger partial charge in [0.2, 0.25) is 5.91 Å². The molecule has 1 heterocycles. The van der Waals surface area contributed by atoms with E-state index >= 15 is 0 Å². The van der Waals surface area contributed by atoms with Crippen molar-refractivity contribution in [1.29, 1.82) is 0 Å². The number of carbonyl (C=O) groups is 1. The quantitative estimate of drug-likeness (QED) is 0.824. The van der Waals surface area contributed by atoms with Gasteiger partial charge in [-0.1, -0.05) is 23.2 Å². The number of rotatable bonds is 1. The Bertz CT molecular complexity index is 365. The maximum Gasteiger partial charge on any atom is 0.246 e. The highest BCUT2D eigenvalue weighted by Gasteiger charge is 2.20. The molecule has 15 heavy (non-hydrogen) atoms. The van der Waals surface area contributed by atoms with Crippen LogP contribution in [0.2, 0.25) is 10.0 Å². The number of nitrogens with one attached hydrogen (secondary N) is 1. The lowest BCUT2D eigenvalue weighted by Gasteiger charge is -2.23. The first-order valence-electron chi connectivity index (χ1n) is 4.49. The molecule has 3 nitrogen and oxygen atoms in total. The smallest absolute Gasteiger partial charge is 0.246 e. The third kappa shape index (κ3) is 2.62. The first kappa shape index (κ1) is 10.7. The van der Waals surface area contributed by atoms with Crippen LogP contribution in [-0.2, 0) is 9.53 Å². The summed E-state index contributed by atoms with van der Waals surface area (Å²) in [6.45, 7) is 0.532. The topological polar surface area (TPSA) is 38.3 Å². The molecule has 1 unspecified atom stereocenters. The monoisotopic (exact) mass is 245 g/mol. The summed E-state index contributed by atoms with van der Waals surface area (Å²) >= 11 is 11.7. The third-order valence-electron chi connectivity index (χ3n) is 2.16. The molecule has 0 radical (unpaired) electrons. The lowest BCUT2D eigenvalue weighted by atomic mass is 10.1. The van der Waals surface area contributed by atoms with Gasteiger partial charge in [0.25, 0.3) is 0 Å². The molecule has 1 atom stereocenters. The van der Waals surface area contributed by atoms with Gasteiger partial charge in [-0.2, -0.15) is 0 Å². The Balaban J connectivity index is 2.18. The first-order chi connectivity index (χ1) is 7.15. The van der Waals surface area contributed by atoms with E-state index in [4.69, 9.17) is 27.9 Å². The number of carbonyl (C=O) groups excluding carboxylic acids is 1. The lowest BCUT2D eigenvalue weighted by molar-refractivity contribution is -0.133. The molecule has 1 aromatic carbocycles. The highest BCUT2D eigenvalue weighted by Crippen LogP contribution is 2.26. The zero-order valence-corrected chi connectivity index (χ0v) is 9.31. The van der Waals surface area contributed by atoms with Crippen LogP contribution in [0.25, 0.3) is 0 Å². The minimum atomic E-state index is -0.168. The minimum absolute atomic E-state index is 0.0782. The summed E-state index contributed by atoms with van der Waals surface area (Å²) in [5.74, 6) is -0.0978. The van der Waals surface area contributed by atoms with Crippen molar-refractivity contribution in [2.45, 2.75) is 6.10 Å². The Labute approximate surface area is 97.3 Å². The number of ether oxygens (including phenoxy) is 1. The van der Waals surface area contributed by atoms with Gasteiger partial charge >= 0.3 is 0 Å². The molecule has 1 aliphatic rings. The van der Waals surface area contributed by atoms with Gasteiger partial charge in [0, 0.05) is 16.6 Å². The second-order valence-electron chi connectivity index (χ2n) is 3.31. The van der Waals surface area contributed by atoms with Gasteiger partial charge in [0.1, 0.15) is 12.7 Å². The van der Waals surface area contributed by atoms with E-state index < -0.39 is 0 Å². The molecule has 1 amide bonds. The summed E-state index contributed by atoms with van der Waals surface area (Å²) in [6.07, 6.45) is -0.168. The van der Waals surface area contributed by atoms with Gasteiger partial charge in [-0.15, -0.1) is 0 Å². The SMILES string of the molecule is O=C1COC(c2cc(Cl)cc(Cl)c2)CN1. The maximum absolute atomic E-state index is 10.9. The van der Waals surface area contributed by atoms with Crippen molar-refractivity contribution in [3.8, 4) is 0 Å². The third-order valence-corrected chi connectivity index (χ3v) is 2.59. The number of benzene rings is 1. The molecule has 80 valence electrons. The van der Waals surface area contributed by atoms with Crippen LogP contribution in [0, 0.1) is 0 Å². The van der Waals surface area contributed by atoms with Gasteiger partial charge < -0.3 is 10.1 Å². The molecular formula is C10H9Cl2NO2. The van der Waals surface area contributed by atoms with Crippen molar-refractivity contribution < 1.29 is 9.53 Å². The normalized spacial score (nSPS) is 21.2. The molecule has 5 heteroatoms. The number of hydrogen-bond acceptors (Lipinski definition) is 2. The number of hydrogen-bond donors (Lipinski definition) is 1. The van der Waals surface area contributed by atoms with Crippen LogP contribution >= 0.6 is 23.2 Å². The lowest BCUT2D eigenvalue weighted by Crippen LogP contribution is -2.38. The molecular weight excluding hydrogens is 237 g/mol. The van der Waals surface area contributed by atoms with E-state index in [9.17, 15) is 4.79 Å². The molecule has 0 bridgehead atoms. The van der Waals surface area contributed by atoms with Crippen molar-refractivity contribution in [3.05, 3.63) is 33.8 Å². The second kappa shape index (κ2) is 4.39. The molecule has 1 N–H and O–H groups in total. The number of amides is 1. The molecule has 0 spiro atoms. The summed E-state index contributed by atoms with van der Waals surface area (Å²) in [5, 5.41) is 3.85. The standard InChI is InChI=1S/C10H9Cl2NO2/c11-7-1-6(2-8(12)3-7)9-4-13-10(14)5-15-9/h1-3,9H,4-5H2,(H,13,14). The zero-order valence-electron chi connectivity index (χ0n) is 7.80. The Kier molecular flexibility index (Phi) is 3.14. The average molecular weight is 246 g/mol. The van der Waals surface area contributed by atoms with E-state index in [0.717, 1.165) is 5.56 Å². The molecule has 1 saturated heterocycles. The van der Waals surface area contributed by atoms with Gasteiger partial charge in [0.05, 0.1) is 0 Å². The van der Waals surface area contributed by atoms with Gasteiger partial charge in [-0.05, 0) is 23.8 Å². The first-order valence-corrected chi connectivity index (χ1v) is 5.25. The fourth-order valence-corrected chi connectivity index (χ4v) is 2.01. The summed E-state index contributed by atoms with van der Waals surface area (Å²) in [6, 6.07) is 5.24. The van der Waals surface area contributed by atoms with Crippen LogP contribution < -0.4 is 5.32 Å². The Morgan fingerprint density at radius 1 is 1.27 bits per heavy atom. The van der Waals surface area contributed by atoms with Crippen molar-refractivity contribution in [2.24, 2.45) is 0 Å². The van der Waals surface area contributed by atoms with Gasteiger partial charge in [-0.3, -0.25) is 4.79 Å². The van der Waals surface area contributed by atoms with Crippen LogP contribution in [0.4, 0.5) is 0 Å². The number of halogens is 2. The van der Waals surface area contributed by atoms with Crippen LogP contribution in [0.5, 0.6) is 0 Å². The number of morpholine rings is 1. The fraction of sp³-hybridized carbons (Fsp3) is 0.300. The van der Waals surface area contributed by atoms with Crippen LogP contribution in [0.1, 0.15) is 11.7 Å². The summed E-state index contributed by atoms with van der Waals surface area (Å²) in [5.41, 5.74) is 0.882. The molecule has 0 aliphatic carbocycles. The van der Waals surface area contributed by atoms with Gasteiger partial charge in [-0.25, -0.2) is 0 Å². The van der Waals surface area contributed by atoms with E-state index in [1.54, 1.807) is 18.2 Å². The predicted octanol–water partition coefficient (Wildman–Crippen LogP) is 2.18. The Morgan fingerprint density at radius 2 is 1.93 bits per heavy atom. The Hall–Kier alpha value is -0.770. The molecule has 1 aromatic rings. The van der Waals surface area contributed by atoms with Crippen LogP contribution in [0.15, 0.2) is 18.2 Å². The summed E-state index contributed by atoms with van der Waals surface area (Å²) in [7, 11) is 0. The Morgan fingerprint density at radius 3 is 2.47 bits per heavy atom. The predicted molar refractivity (Wildman–Crippen MR) is 58.2 cm³/mol. The van der Waals surface area contributed by atoms with Crippen molar-refractivity contribution in [3.63, 3.8) is 0 Å². The second-order valence-corrected chi connectivity index (χ2v) is 4.18. The molecule has 2 rings (SSSR count). The fourth-order valence-electron chi connectivity index (χ4n) is 1.47. The summed E-state index contributed by atoms with van der Waals surface area (Å²) in [4.78, 5) is 10.9. The average Bonchev–Trinajstić information content (AvgIpc) is 2.17.